The molecule has 3 saturated heterocycles. The van der Waals surface area contributed by atoms with Crippen molar-refractivity contribution in [1.82, 2.24) is 9.78 Å². The lowest BCUT2D eigenvalue weighted by atomic mass is 9.81. The summed E-state index contributed by atoms with van der Waals surface area (Å²) in [5.74, 6) is -1.62. The third-order valence-electron chi connectivity index (χ3n) is 5.43. The molecule has 2 amide bonds. The van der Waals surface area contributed by atoms with Gasteiger partial charge in [-0.05, 0) is 30.5 Å². The number of amides is 2. The average Bonchev–Trinajstić information content (AvgIpc) is 3.33. The molecule has 0 spiro atoms. The number of anilines is 1. The number of benzene rings is 1. The van der Waals surface area contributed by atoms with E-state index in [0.29, 0.717) is 5.56 Å². The van der Waals surface area contributed by atoms with Crippen molar-refractivity contribution in [1.29, 1.82) is 0 Å². The van der Waals surface area contributed by atoms with Gasteiger partial charge in [-0.2, -0.15) is 5.10 Å². The Morgan fingerprint density at radius 2 is 1.88 bits per heavy atom. The highest BCUT2D eigenvalue weighted by atomic mass is 35.5. The van der Waals surface area contributed by atoms with Crippen LogP contribution in [-0.2, 0) is 20.9 Å². The van der Waals surface area contributed by atoms with Gasteiger partial charge in [0.15, 0.2) is 5.82 Å². The van der Waals surface area contributed by atoms with Crippen molar-refractivity contribution in [2.45, 2.75) is 31.6 Å². The molecule has 3 aliphatic heterocycles. The van der Waals surface area contributed by atoms with Gasteiger partial charge in [0, 0.05) is 6.20 Å². The van der Waals surface area contributed by atoms with Crippen LogP contribution in [0.3, 0.4) is 0 Å². The highest BCUT2D eigenvalue weighted by molar-refractivity contribution is 6.35. The van der Waals surface area contributed by atoms with Crippen LogP contribution in [-0.4, -0.2) is 33.8 Å². The first-order valence-corrected chi connectivity index (χ1v) is 8.91. The van der Waals surface area contributed by atoms with Crippen molar-refractivity contribution in [3.63, 3.8) is 0 Å². The molecular weight excluding hydrogens is 361 g/mol. The Balaban J connectivity index is 1.45. The van der Waals surface area contributed by atoms with Gasteiger partial charge in [0.2, 0.25) is 11.8 Å². The number of imide groups is 1. The van der Waals surface area contributed by atoms with E-state index in [-0.39, 0.29) is 47.2 Å². The molecule has 0 radical (unpaired) electrons. The molecule has 6 nitrogen and oxygen atoms in total. The van der Waals surface area contributed by atoms with Crippen LogP contribution in [0.2, 0.25) is 5.02 Å². The first-order chi connectivity index (χ1) is 12.5. The summed E-state index contributed by atoms with van der Waals surface area (Å²) >= 11 is 6.26. The molecule has 0 N–H and O–H groups in total. The Labute approximate surface area is 153 Å². The Kier molecular flexibility index (Phi) is 3.45. The quantitative estimate of drug-likeness (QED) is 0.773. The zero-order valence-corrected chi connectivity index (χ0v) is 14.4. The molecule has 134 valence electrons. The molecule has 1 aromatic carbocycles. The fourth-order valence-corrected chi connectivity index (χ4v) is 4.60. The molecular formula is C18H15ClFN3O3. The molecule has 8 heteroatoms. The number of halogens is 2. The van der Waals surface area contributed by atoms with E-state index in [1.807, 2.05) is 0 Å². The second-order valence-electron chi connectivity index (χ2n) is 6.98. The number of ether oxygens (including phenoxy) is 1. The second kappa shape index (κ2) is 5.62. The number of rotatable bonds is 3. The lowest BCUT2D eigenvalue weighted by Gasteiger charge is -2.15. The minimum absolute atomic E-state index is 0.145. The maximum atomic E-state index is 13.3. The number of nitrogens with zero attached hydrogens (tertiary/aromatic N) is 3. The van der Waals surface area contributed by atoms with Gasteiger partial charge in [-0.25, -0.2) is 9.29 Å². The summed E-state index contributed by atoms with van der Waals surface area (Å²) in [5.41, 5.74) is 0.707. The van der Waals surface area contributed by atoms with Crippen LogP contribution in [0.25, 0.3) is 0 Å². The highest BCUT2D eigenvalue weighted by Gasteiger charge is 2.63. The maximum Gasteiger partial charge on any atom is 0.241 e. The van der Waals surface area contributed by atoms with E-state index in [9.17, 15) is 14.0 Å². The van der Waals surface area contributed by atoms with Gasteiger partial charge in [-0.1, -0.05) is 23.7 Å². The van der Waals surface area contributed by atoms with Crippen molar-refractivity contribution in [2.24, 2.45) is 11.8 Å². The number of hydrogen-bond acceptors (Lipinski definition) is 4. The van der Waals surface area contributed by atoms with Crippen LogP contribution in [0.5, 0.6) is 0 Å². The molecule has 2 bridgehead atoms. The van der Waals surface area contributed by atoms with Gasteiger partial charge in [0.1, 0.15) is 10.8 Å². The van der Waals surface area contributed by atoms with E-state index in [4.69, 9.17) is 16.3 Å². The first kappa shape index (κ1) is 16.0. The summed E-state index contributed by atoms with van der Waals surface area (Å²) in [5, 5.41) is 4.54. The SMILES string of the molecule is O=C1[C@@H]2[C@@H](C(=O)N1c1nn(Cc3cccc(F)c3)cc1Cl)[C@H]1CC[C@@H]2O1. The minimum atomic E-state index is -0.425. The fourth-order valence-electron chi connectivity index (χ4n) is 4.36. The molecule has 2 aromatic rings. The Bertz CT molecular complexity index is 902. The van der Waals surface area contributed by atoms with Crippen molar-refractivity contribution in [3.8, 4) is 0 Å². The van der Waals surface area contributed by atoms with Crippen molar-refractivity contribution in [3.05, 3.63) is 46.9 Å². The first-order valence-electron chi connectivity index (χ1n) is 8.53. The van der Waals surface area contributed by atoms with Gasteiger partial charge >= 0.3 is 0 Å². The molecule has 4 heterocycles. The van der Waals surface area contributed by atoms with E-state index >= 15 is 0 Å². The van der Waals surface area contributed by atoms with Crippen LogP contribution in [0.1, 0.15) is 18.4 Å². The van der Waals surface area contributed by atoms with Crippen LogP contribution in [0.15, 0.2) is 30.5 Å². The van der Waals surface area contributed by atoms with E-state index in [1.165, 1.54) is 16.8 Å². The van der Waals surface area contributed by atoms with Gasteiger partial charge in [0.05, 0.1) is 30.6 Å². The third-order valence-corrected chi connectivity index (χ3v) is 5.70. The van der Waals surface area contributed by atoms with Gasteiger partial charge in [-0.3, -0.25) is 14.3 Å². The third kappa shape index (κ3) is 2.23. The molecule has 3 fully saturated rings. The fraction of sp³-hybridized carbons (Fsp3) is 0.389. The maximum absolute atomic E-state index is 13.3. The number of aromatic nitrogens is 2. The Morgan fingerprint density at radius 3 is 2.54 bits per heavy atom. The molecule has 1 aromatic heterocycles. The molecule has 5 rings (SSSR count). The number of carbonyl (C=O) groups is 2. The van der Waals surface area contributed by atoms with Gasteiger partial charge < -0.3 is 4.74 Å². The molecule has 26 heavy (non-hydrogen) atoms. The zero-order valence-electron chi connectivity index (χ0n) is 13.6. The summed E-state index contributed by atoms with van der Waals surface area (Å²) in [7, 11) is 0. The van der Waals surface area contributed by atoms with Crippen LogP contribution >= 0.6 is 11.6 Å². The van der Waals surface area contributed by atoms with Gasteiger partial charge in [-0.15, -0.1) is 0 Å². The number of carbonyl (C=O) groups excluding carboxylic acids is 2. The lowest BCUT2D eigenvalue weighted by molar-refractivity contribution is -0.124. The topological polar surface area (TPSA) is 64.4 Å². The number of hydrogen-bond donors (Lipinski definition) is 0. The predicted molar refractivity (Wildman–Crippen MR) is 90.1 cm³/mol. The van der Waals surface area contributed by atoms with Crippen LogP contribution < -0.4 is 4.90 Å². The smallest absolute Gasteiger partial charge is 0.241 e. The summed E-state index contributed by atoms with van der Waals surface area (Å²) in [6.07, 6.45) is 2.79. The Hall–Kier alpha value is -2.25. The van der Waals surface area contributed by atoms with Crippen molar-refractivity contribution >= 4 is 29.2 Å². The summed E-state index contributed by atoms with van der Waals surface area (Å²) in [6, 6.07) is 6.15. The highest BCUT2D eigenvalue weighted by Crippen LogP contribution is 2.49. The minimum Gasteiger partial charge on any atom is -0.373 e. The summed E-state index contributed by atoms with van der Waals surface area (Å²) in [4.78, 5) is 26.7. The largest absolute Gasteiger partial charge is 0.373 e. The molecule has 0 unspecified atom stereocenters. The zero-order chi connectivity index (χ0) is 18.0. The monoisotopic (exact) mass is 375 g/mol. The molecule has 4 atom stereocenters. The molecule has 0 saturated carbocycles. The van der Waals surface area contributed by atoms with E-state index < -0.39 is 11.8 Å². The predicted octanol–water partition coefficient (Wildman–Crippen LogP) is 2.39. The Morgan fingerprint density at radius 1 is 1.19 bits per heavy atom. The van der Waals surface area contributed by atoms with Crippen molar-refractivity contribution in [2.75, 3.05) is 4.90 Å². The number of fused-ring (bicyclic) bond motifs is 5. The molecule has 0 aliphatic carbocycles. The normalized spacial score (nSPS) is 29.7. The second-order valence-corrected chi connectivity index (χ2v) is 7.39. The summed E-state index contributed by atoms with van der Waals surface area (Å²) < 4.78 is 20.6. The van der Waals surface area contributed by atoms with Crippen LogP contribution in [0.4, 0.5) is 10.2 Å². The van der Waals surface area contributed by atoms with E-state index in [0.717, 1.165) is 17.7 Å². The standard InChI is InChI=1S/C18H15ClFN3O3/c19-11-8-22(7-9-2-1-3-10(20)6-9)21-16(11)23-17(24)14-12-4-5-13(26-12)15(14)18(23)25/h1-3,6,8,12-15H,4-5,7H2/t12-,13+,14-,15-/m0/s1. The average molecular weight is 376 g/mol. The summed E-state index contributed by atoms with van der Waals surface area (Å²) in [6.45, 7) is 0.287. The van der Waals surface area contributed by atoms with Crippen molar-refractivity contribution < 1.29 is 18.7 Å². The van der Waals surface area contributed by atoms with E-state index in [1.54, 1.807) is 18.3 Å². The lowest BCUT2D eigenvalue weighted by Crippen LogP contribution is -2.34. The molecule has 3 aliphatic rings. The van der Waals surface area contributed by atoms with E-state index in [2.05, 4.69) is 5.10 Å². The van der Waals surface area contributed by atoms with Crippen LogP contribution in [0, 0.1) is 17.7 Å². The van der Waals surface area contributed by atoms with Gasteiger partial charge in [0.25, 0.3) is 0 Å².